The smallest absolute Gasteiger partial charge is 0.332 e. The average Bonchev–Trinajstić information content (AvgIpc) is 3.80. The van der Waals surface area contributed by atoms with Crippen LogP contribution >= 0.6 is 0 Å². The standard InChI is InChI=1S/C34H35N5O7/c1-19(2)38-18-27(31(43)39(33(38)45)34(12-13-34)32(44)36-25-16-28(40)46-29(41)17-25)37-30(42)26-11-10-23(14-20(26)3)35-24-9-8-21-6-4-5-7-22(21)15-24/h4-11,14-15,18-19,25,28,35,40H,12-13,16-17H2,1-3H3,(H,36,44)(H,37,42). The van der Waals surface area contributed by atoms with Crippen molar-refractivity contribution in [3.63, 3.8) is 0 Å². The number of aryl methyl sites for hydroxylation is 1. The van der Waals surface area contributed by atoms with Gasteiger partial charge in [-0.2, -0.15) is 0 Å². The van der Waals surface area contributed by atoms with E-state index in [0.29, 0.717) is 11.1 Å². The van der Waals surface area contributed by atoms with Crippen molar-refractivity contribution in [2.24, 2.45) is 0 Å². The fraction of sp³-hybridized carbons (Fsp3) is 0.324. The lowest BCUT2D eigenvalue weighted by molar-refractivity contribution is -0.178. The van der Waals surface area contributed by atoms with Gasteiger partial charge >= 0.3 is 11.7 Å². The Labute approximate surface area is 264 Å². The van der Waals surface area contributed by atoms with Crippen LogP contribution in [-0.2, 0) is 19.9 Å². The number of aromatic nitrogens is 2. The summed E-state index contributed by atoms with van der Waals surface area (Å²) in [6, 6.07) is 18.2. The van der Waals surface area contributed by atoms with Crippen LogP contribution in [0.1, 0.15) is 61.5 Å². The highest BCUT2D eigenvalue weighted by Gasteiger charge is 2.55. The first-order chi connectivity index (χ1) is 21.9. The number of hydrogen-bond acceptors (Lipinski definition) is 8. The second-order valence-electron chi connectivity index (χ2n) is 12.2. The Morgan fingerprint density at radius 1 is 0.978 bits per heavy atom. The van der Waals surface area contributed by atoms with E-state index in [0.717, 1.165) is 26.7 Å². The van der Waals surface area contributed by atoms with Crippen LogP contribution in [0.5, 0.6) is 0 Å². The molecule has 0 spiro atoms. The molecule has 238 valence electrons. The number of amides is 2. The zero-order valence-corrected chi connectivity index (χ0v) is 25.7. The molecule has 0 radical (unpaired) electrons. The number of anilines is 3. The maximum Gasteiger partial charge on any atom is 0.332 e. The molecule has 4 aromatic rings. The normalized spacial score (nSPS) is 18.6. The summed E-state index contributed by atoms with van der Waals surface area (Å²) >= 11 is 0. The van der Waals surface area contributed by atoms with Crippen LogP contribution in [0.2, 0.25) is 0 Å². The topological polar surface area (TPSA) is 161 Å². The van der Waals surface area contributed by atoms with Crippen molar-refractivity contribution >= 4 is 45.6 Å². The van der Waals surface area contributed by atoms with Crippen LogP contribution in [0.4, 0.5) is 17.1 Å². The van der Waals surface area contributed by atoms with Crippen LogP contribution < -0.4 is 27.2 Å². The van der Waals surface area contributed by atoms with Crippen LogP contribution in [0, 0.1) is 6.92 Å². The zero-order chi connectivity index (χ0) is 32.7. The average molecular weight is 626 g/mol. The van der Waals surface area contributed by atoms with Crippen molar-refractivity contribution in [1.29, 1.82) is 0 Å². The molecule has 2 fully saturated rings. The first-order valence-corrected chi connectivity index (χ1v) is 15.2. The van der Waals surface area contributed by atoms with Gasteiger partial charge in [-0.3, -0.25) is 23.7 Å². The van der Waals surface area contributed by atoms with Crippen LogP contribution in [-0.4, -0.2) is 44.4 Å². The van der Waals surface area contributed by atoms with Crippen molar-refractivity contribution in [3.8, 4) is 0 Å². The van der Waals surface area contributed by atoms with E-state index in [1.54, 1.807) is 32.9 Å². The molecule has 2 amide bonds. The van der Waals surface area contributed by atoms with Gasteiger partial charge in [0, 0.05) is 41.6 Å². The maximum absolute atomic E-state index is 13.8. The summed E-state index contributed by atoms with van der Waals surface area (Å²) in [4.78, 5) is 66.1. The number of esters is 1. The minimum absolute atomic E-state index is 0.00923. The number of fused-ring (bicyclic) bond motifs is 1. The third-order valence-electron chi connectivity index (χ3n) is 8.50. The van der Waals surface area contributed by atoms with Crippen LogP contribution in [0.25, 0.3) is 10.8 Å². The second kappa shape index (κ2) is 11.9. The predicted molar refractivity (Wildman–Crippen MR) is 172 cm³/mol. The predicted octanol–water partition coefficient (Wildman–Crippen LogP) is 3.68. The lowest BCUT2D eigenvalue weighted by atomic mass is 10.1. The van der Waals surface area contributed by atoms with Gasteiger partial charge in [0.1, 0.15) is 11.2 Å². The monoisotopic (exact) mass is 625 g/mol. The van der Waals surface area contributed by atoms with E-state index in [1.807, 2.05) is 48.5 Å². The molecule has 1 aliphatic carbocycles. The number of carbonyl (C=O) groups excluding carboxylic acids is 3. The summed E-state index contributed by atoms with van der Waals surface area (Å²) in [5.41, 5.74) is -0.459. The summed E-state index contributed by atoms with van der Waals surface area (Å²) in [6.07, 6.45) is 0.229. The second-order valence-corrected chi connectivity index (χ2v) is 12.2. The van der Waals surface area contributed by atoms with Gasteiger partial charge in [0.2, 0.25) is 12.2 Å². The van der Waals surface area contributed by atoms with Gasteiger partial charge in [-0.1, -0.05) is 30.3 Å². The number of benzene rings is 3. The quantitative estimate of drug-likeness (QED) is 0.216. The number of ether oxygens (including phenoxy) is 1. The first kappa shape index (κ1) is 30.8. The SMILES string of the molecule is Cc1cc(Nc2ccc3ccccc3c2)ccc1C(=O)Nc1cn(C(C)C)c(=O)n(C2(C(=O)NC3CC(=O)OC(O)C3)CC2)c1=O. The largest absolute Gasteiger partial charge is 0.436 e. The van der Waals surface area contributed by atoms with E-state index in [2.05, 4.69) is 16.0 Å². The van der Waals surface area contributed by atoms with Crippen molar-refractivity contribution in [2.75, 3.05) is 10.6 Å². The molecule has 2 unspecified atom stereocenters. The molecule has 1 aliphatic heterocycles. The Morgan fingerprint density at radius 3 is 2.35 bits per heavy atom. The highest BCUT2D eigenvalue weighted by molar-refractivity contribution is 6.05. The van der Waals surface area contributed by atoms with Gasteiger partial charge in [-0.25, -0.2) is 9.36 Å². The molecule has 12 heteroatoms. The van der Waals surface area contributed by atoms with Gasteiger partial charge in [0.15, 0.2) is 0 Å². The molecule has 6 rings (SSSR count). The van der Waals surface area contributed by atoms with Crippen molar-refractivity contribution in [1.82, 2.24) is 14.5 Å². The molecule has 0 bridgehead atoms. The summed E-state index contributed by atoms with van der Waals surface area (Å²) in [7, 11) is 0. The van der Waals surface area contributed by atoms with Gasteiger partial charge in [-0.15, -0.1) is 0 Å². The first-order valence-electron chi connectivity index (χ1n) is 15.2. The van der Waals surface area contributed by atoms with E-state index < -0.39 is 46.9 Å². The van der Waals surface area contributed by atoms with Gasteiger partial charge in [0.25, 0.3) is 11.5 Å². The van der Waals surface area contributed by atoms with Crippen LogP contribution in [0.3, 0.4) is 0 Å². The number of rotatable bonds is 8. The number of nitrogens with one attached hydrogen (secondary N) is 3. The Morgan fingerprint density at radius 2 is 1.67 bits per heavy atom. The van der Waals surface area contributed by atoms with E-state index in [9.17, 15) is 29.1 Å². The molecule has 1 saturated carbocycles. The van der Waals surface area contributed by atoms with E-state index in [4.69, 9.17) is 4.74 Å². The highest BCUT2D eigenvalue weighted by Crippen LogP contribution is 2.42. The molecule has 12 nitrogen and oxygen atoms in total. The summed E-state index contributed by atoms with van der Waals surface area (Å²) in [5.74, 6) is -1.81. The Bertz CT molecular complexity index is 1990. The number of cyclic esters (lactones) is 1. The molecule has 2 aliphatic rings. The highest BCUT2D eigenvalue weighted by atomic mass is 16.6. The third kappa shape index (κ3) is 5.91. The summed E-state index contributed by atoms with van der Waals surface area (Å²) in [5, 5.41) is 20.8. The molecule has 4 N–H and O–H groups in total. The number of aliphatic hydroxyl groups excluding tert-OH is 1. The number of hydrogen-bond donors (Lipinski definition) is 4. The molecule has 1 saturated heterocycles. The minimum Gasteiger partial charge on any atom is -0.436 e. The number of carbonyl (C=O) groups is 3. The Hall–Kier alpha value is -5.23. The van der Waals surface area contributed by atoms with E-state index in [-0.39, 0.29) is 37.4 Å². The van der Waals surface area contributed by atoms with Crippen molar-refractivity contribution in [3.05, 3.63) is 98.8 Å². The molecular formula is C34H35N5O7. The lowest BCUT2D eigenvalue weighted by Crippen LogP contribution is -2.55. The molecule has 2 heterocycles. The number of nitrogens with zero attached hydrogens (tertiary/aromatic N) is 2. The fourth-order valence-corrected chi connectivity index (χ4v) is 5.90. The van der Waals surface area contributed by atoms with Gasteiger partial charge < -0.3 is 25.8 Å². The lowest BCUT2D eigenvalue weighted by Gasteiger charge is -2.28. The molecule has 1 aromatic heterocycles. The summed E-state index contributed by atoms with van der Waals surface area (Å²) in [6.45, 7) is 5.29. The fourth-order valence-electron chi connectivity index (χ4n) is 5.90. The van der Waals surface area contributed by atoms with Crippen molar-refractivity contribution in [2.45, 2.75) is 70.4 Å². The Kier molecular flexibility index (Phi) is 7.99. The molecule has 3 aromatic carbocycles. The van der Waals surface area contributed by atoms with E-state index >= 15 is 0 Å². The van der Waals surface area contributed by atoms with Gasteiger partial charge in [-0.05, 0) is 80.3 Å². The number of aliphatic hydroxyl groups is 1. The minimum atomic E-state index is -1.48. The van der Waals surface area contributed by atoms with Gasteiger partial charge in [0.05, 0.1) is 6.42 Å². The van der Waals surface area contributed by atoms with Crippen molar-refractivity contribution < 1.29 is 24.2 Å². The Balaban J connectivity index is 1.25. The van der Waals surface area contributed by atoms with Crippen LogP contribution in [0.15, 0.2) is 76.4 Å². The summed E-state index contributed by atoms with van der Waals surface area (Å²) < 4.78 is 6.92. The molecule has 46 heavy (non-hydrogen) atoms. The third-order valence-corrected chi connectivity index (χ3v) is 8.50. The maximum atomic E-state index is 13.8. The molecule has 2 atom stereocenters. The zero-order valence-electron chi connectivity index (χ0n) is 25.7. The molecular weight excluding hydrogens is 590 g/mol. The van der Waals surface area contributed by atoms with E-state index in [1.165, 1.54) is 10.8 Å².